The van der Waals surface area contributed by atoms with E-state index in [4.69, 9.17) is 5.11 Å². The highest BCUT2D eigenvalue weighted by Crippen LogP contribution is 2.27. The van der Waals surface area contributed by atoms with Crippen LogP contribution in [0.1, 0.15) is 56.2 Å². The molecule has 2 aliphatic heterocycles. The zero-order chi connectivity index (χ0) is 17.8. The van der Waals surface area contributed by atoms with Gasteiger partial charge in [-0.3, -0.25) is 14.6 Å². The lowest BCUT2D eigenvalue weighted by Gasteiger charge is -2.21. The van der Waals surface area contributed by atoms with Gasteiger partial charge in [0.05, 0.1) is 5.56 Å². The number of aromatic nitrogens is 3. The predicted octanol–water partition coefficient (Wildman–Crippen LogP) is 1.95. The molecular formula is C18H23N3O4. The van der Waals surface area contributed by atoms with Crippen molar-refractivity contribution in [2.75, 3.05) is 0 Å². The molecule has 7 nitrogen and oxygen atoms in total. The van der Waals surface area contributed by atoms with Crippen LogP contribution in [0.25, 0.3) is 11.4 Å². The first-order valence-corrected chi connectivity index (χ1v) is 8.93. The Morgan fingerprint density at radius 3 is 2.76 bits per heavy atom. The van der Waals surface area contributed by atoms with Crippen molar-refractivity contribution >= 4 is 5.97 Å². The summed E-state index contributed by atoms with van der Waals surface area (Å²) in [5, 5.41) is 8.73. The van der Waals surface area contributed by atoms with Crippen molar-refractivity contribution in [1.29, 1.82) is 0 Å². The number of hydrogen-bond donors (Lipinski definition) is 2. The summed E-state index contributed by atoms with van der Waals surface area (Å²) in [6.45, 7) is 0.648. The highest BCUT2D eigenvalue weighted by molar-refractivity contribution is 5.66. The summed E-state index contributed by atoms with van der Waals surface area (Å²) >= 11 is 0. The number of nitrogens with zero attached hydrogens (tertiary/aromatic N) is 2. The number of aliphatic carboxylic acids is 1. The third-order valence-corrected chi connectivity index (χ3v) is 4.82. The Morgan fingerprint density at radius 1 is 1.16 bits per heavy atom. The van der Waals surface area contributed by atoms with Gasteiger partial charge in [-0.2, -0.15) is 4.98 Å². The molecule has 1 aliphatic carbocycles. The van der Waals surface area contributed by atoms with E-state index in [1.165, 1.54) is 11.3 Å². The highest BCUT2D eigenvalue weighted by atomic mass is 16.4. The lowest BCUT2D eigenvalue weighted by Crippen LogP contribution is -2.29. The minimum Gasteiger partial charge on any atom is -0.481 e. The van der Waals surface area contributed by atoms with Gasteiger partial charge in [0.2, 0.25) is 0 Å². The van der Waals surface area contributed by atoms with Crippen molar-refractivity contribution in [2.45, 2.75) is 64.3 Å². The molecule has 3 aliphatic rings. The molecule has 0 radical (unpaired) electrons. The number of H-pyrrole nitrogens is 1. The maximum absolute atomic E-state index is 12.2. The van der Waals surface area contributed by atoms with E-state index < -0.39 is 11.7 Å². The number of carbonyl (C=O) groups is 1. The maximum atomic E-state index is 12.2. The van der Waals surface area contributed by atoms with Crippen LogP contribution in [0, 0.1) is 0 Å². The molecule has 2 N–H and O–H groups in total. The lowest BCUT2D eigenvalue weighted by atomic mass is 10.0. The second kappa shape index (κ2) is 7.63. The Balaban J connectivity index is 1.95. The topological polar surface area (TPSA) is 105 Å². The van der Waals surface area contributed by atoms with Gasteiger partial charge in [-0.25, -0.2) is 4.79 Å². The van der Waals surface area contributed by atoms with Crippen molar-refractivity contribution in [3.05, 3.63) is 38.2 Å². The lowest BCUT2D eigenvalue weighted by molar-refractivity contribution is -0.137. The number of carboxylic acids is 1. The molecule has 0 spiro atoms. The van der Waals surface area contributed by atoms with E-state index in [-0.39, 0.29) is 12.0 Å². The molecule has 25 heavy (non-hydrogen) atoms. The van der Waals surface area contributed by atoms with Gasteiger partial charge in [0, 0.05) is 18.7 Å². The molecule has 2 heterocycles. The largest absolute Gasteiger partial charge is 0.481 e. The van der Waals surface area contributed by atoms with Gasteiger partial charge in [0.15, 0.2) is 5.82 Å². The SMILES string of the molecule is O=C(O)CCCCCn1c2nc(=O)[nH]c(=O)c-2cc2c1CCCCC2. The average molecular weight is 345 g/mol. The molecule has 0 saturated heterocycles. The molecule has 0 amide bonds. The molecule has 134 valence electrons. The normalized spacial score (nSPS) is 14.2. The van der Waals surface area contributed by atoms with E-state index in [0.29, 0.717) is 24.4 Å². The first kappa shape index (κ1) is 17.4. The predicted molar refractivity (Wildman–Crippen MR) is 93.1 cm³/mol. The standard InChI is InChI=1S/C18H23N3O4/c22-15(23)9-5-2-6-10-21-14-8-4-1-3-7-12(14)11-13-16(21)19-18(25)20-17(13)24/h11H,1-10H2,(H,22,23)(H,20,24,25). The van der Waals surface area contributed by atoms with Gasteiger partial charge in [0.25, 0.3) is 5.56 Å². The van der Waals surface area contributed by atoms with E-state index in [9.17, 15) is 14.4 Å². The number of aryl methyl sites for hydroxylation is 1. The number of hydrogen-bond acceptors (Lipinski definition) is 4. The average Bonchev–Trinajstić information content (AvgIpc) is 2.79. The summed E-state index contributed by atoms with van der Waals surface area (Å²) in [7, 11) is 0. The van der Waals surface area contributed by atoms with Crippen LogP contribution in [0.15, 0.2) is 15.7 Å². The maximum Gasteiger partial charge on any atom is 0.349 e. The van der Waals surface area contributed by atoms with E-state index in [2.05, 4.69) is 9.97 Å². The van der Waals surface area contributed by atoms with Crippen molar-refractivity contribution in [1.82, 2.24) is 14.5 Å². The summed E-state index contributed by atoms with van der Waals surface area (Å²) in [5.41, 5.74) is 1.79. The van der Waals surface area contributed by atoms with Crippen molar-refractivity contribution in [3.63, 3.8) is 0 Å². The minimum absolute atomic E-state index is 0.168. The van der Waals surface area contributed by atoms with Gasteiger partial charge >= 0.3 is 11.7 Å². The third-order valence-electron chi connectivity index (χ3n) is 4.82. The molecule has 0 unspecified atom stereocenters. The Morgan fingerprint density at radius 2 is 1.96 bits per heavy atom. The van der Waals surface area contributed by atoms with Crippen LogP contribution >= 0.6 is 0 Å². The second-order valence-electron chi connectivity index (χ2n) is 6.64. The van der Waals surface area contributed by atoms with E-state index >= 15 is 0 Å². The quantitative estimate of drug-likeness (QED) is 0.615. The number of nitrogens with one attached hydrogen (secondary N) is 1. The Bertz CT molecular complexity index is 853. The zero-order valence-electron chi connectivity index (χ0n) is 14.2. The van der Waals surface area contributed by atoms with Crippen molar-refractivity contribution in [3.8, 4) is 11.4 Å². The number of rotatable bonds is 6. The summed E-state index contributed by atoms with van der Waals surface area (Å²) in [6, 6.07) is 1.89. The van der Waals surface area contributed by atoms with Crippen molar-refractivity contribution in [2.24, 2.45) is 0 Å². The molecule has 0 aromatic rings. The third kappa shape index (κ3) is 3.97. The summed E-state index contributed by atoms with van der Waals surface area (Å²) in [5.74, 6) is -0.330. The molecule has 0 bridgehead atoms. The first-order valence-electron chi connectivity index (χ1n) is 8.93. The number of unbranched alkanes of at least 4 members (excludes halogenated alkanes) is 2. The van der Waals surface area contributed by atoms with Crippen LogP contribution in [0.4, 0.5) is 0 Å². The fraction of sp³-hybridized carbons (Fsp3) is 0.556. The van der Waals surface area contributed by atoms with Crippen LogP contribution in [0.3, 0.4) is 0 Å². The molecule has 3 rings (SSSR count). The van der Waals surface area contributed by atoms with Crippen LogP contribution in [-0.2, 0) is 24.2 Å². The van der Waals surface area contributed by atoms with Crippen LogP contribution in [-0.4, -0.2) is 25.6 Å². The Kier molecular flexibility index (Phi) is 5.31. The van der Waals surface area contributed by atoms with Crippen LogP contribution < -0.4 is 11.2 Å². The molecule has 0 aromatic carbocycles. The number of fused-ring (bicyclic) bond motifs is 2. The van der Waals surface area contributed by atoms with Crippen molar-refractivity contribution < 1.29 is 9.90 Å². The monoisotopic (exact) mass is 345 g/mol. The van der Waals surface area contributed by atoms with Gasteiger partial charge < -0.3 is 9.67 Å². The number of carboxylic acid groups (broad SMARTS) is 1. The van der Waals surface area contributed by atoms with Crippen LogP contribution in [0.5, 0.6) is 0 Å². The number of pyridine rings is 1. The molecule has 0 atom stereocenters. The molecule has 0 fully saturated rings. The summed E-state index contributed by atoms with van der Waals surface area (Å²) in [6.07, 6.45) is 7.58. The van der Waals surface area contributed by atoms with Crippen LogP contribution in [0.2, 0.25) is 0 Å². The minimum atomic E-state index is -0.782. The van der Waals surface area contributed by atoms with Gasteiger partial charge in [-0.05, 0) is 50.2 Å². The number of aromatic amines is 1. The first-order chi connectivity index (χ1) is 12.1. The second-order valence-corrected chi connectivity index (χ2v) is 6.64. The molecule has 7 heteroatoms. The Labute approximate surface area is 145 Å². The van der Waals surface area contributed by atoms with E-state index in [1.54, 1.807) is 0 Å². The van der Waals surface area contributed by atoms with Gasteiger partial charge in [0.1, 0.15) is 0 Å². The van der Waals surface area contributed by atoms with E-state index in [0.717, 1.165) is 44.9 Å². The molecule has 0 saturated carbocycles. The van der Waals surface area contributed by atoms with E-state index in [1.807, 2.05) is 10.6 Å². The summed E-state index contributed by atoms with van der Waals surface area (Å²) < 4.78 is 2.02. The molecular weight excluding hydrogens is 322 g/mol. The highest BCUT2D eigenvalue weighted by Gasteiger charge is 2.21. The Hall–Kier alpha value is -2.44. The summed E-state index contributed by atoms with van der Waals surface area (Å²) in [4.78, 5) is 40.8. The smallest absolute Gasteiger partial charge is 0.349 e. The molecule has 0 aromatic heterocycles. The zero-order valence-corrected chi connectivity index (χ0v) is 14.2. The fourth-order valence-electron chi connectivity index (χ4n) is 3.61. The van der Waals surface area contributed by atoms with Gasteiger partial charge in [-0.1, -0.05) is 12.8 Å². The fourth-order valence-corrected chi connectivity index (χ4v) is 3.61. The van der Waals surface area contributed by atoms with Gasteiger partial charge in [-0.15, -0.1) is 0 Å².